The molecule has 6 heteroatoms. The van der Waals surface area contributed by atoms with Gasteiger partial charge in [0.1, 0.15) is 0 Å². The molecular weight excluding hydrogens is 296 g/mol. The summed E-state index contributed by atoms with van der Waals surface area (Å²) in [6.07, 6.45) is 0. The number of rotatable bonds is 4. The predicted octanol–water partition coefficient (Wildman–Crippen LogP) is 3.06. The SMILES string of the molecule is CC(=O)c1nn(-c2ccccc2)/c(=N\Nc2ccccc2)s1. The third-order valence-corrected chi connectivity index (χ3v) is 3.93. The van der Waals surface area contributed by atoms with Crippen LogP contribution in [0.2, 0.25) is 0 Å². The Morgan fingerprint density at radius 2 is 1.73 bits per heavy atom. The van der Waals surface area contributed by atoms with Crippen LogP contribution in [0.4, 0.5) is 5.69 Å². The summed E-state index contributed by atoms with van der Waals surface area (Å²) >= 11 is 1.25. The Labute approximate surface area is 131 Å². The van der Waals surface area contributed by atoms with E-state index >= 15 is 0 Å². The van der Waals surface area contributed by atoms with Gasteiger partial charge in [-0.15, -0.1) is 5.10 Å². The molecule has 1 N–H and O–H groups in total. The number of Topliss-reactive ketones (excluding diaryl/α,β-unsaturated/α-hetero) is 1. The average molecular weight is 310 g/mol. The maximum Gasteiger partial charge on any atom is 0.231 e. The van der Waals surface area contributed by atoms with Crippen molar-refractivity contribution >= 4 is 22.8 Å². The molecule has 0 aliphatic carbocycles. The minimum atomic E-state index is -0.0733. The number of nitrogens with one attached hydrogen (secondary N) is 1. The van der Waals surface area contributed by atoms with Crippen LogP contribution in [0.15, 0.2) is 65.8 Å². The second kappa shape index (κ2) is 6.36. The highest BCUT2D eigenvalue weighted by Crippen LogP contribution is 2.08. The summed E-state index contributed by atoms with van der Waals surface area (Å²) in [7, 11) is 0. The van der Waals surface area contributed by atoms with Crippen molar-refractivity contribution in [1.82, 2.24) is 9.78 Å². The first-order chi connectivity index (χ1) is 10.7. The van der Waals surface area contributed by atoms with Crippen molar-refractivity contribution in [3.63, 3.8) is 0 Å². The van der Waals surface area contributed by atoms with Gasteiger partial charge < -0.3 is 0 Å². The fourth-order valence-electron chi connectivity index (χ4n) is 1.86. The van der Waals surface area contributed by atoms with E-state index < -0.39 is 0 Å². The van der Waals surface area contributed by atoms with Crippen molar-refractivity contribution in [2.75, 3.05) is 5.43 Å². The quantitative estimate of drug-likeness (QED) is 0.595. The van der Waals surface area contributed by atoms with Crippen LogP contribution in [0, 0.1) is 0 Å². The first-order valence-corrected chi connectivity index (χ1v) is 7.57. The molecule has 2 aromatic carbocycles. The number of hydrogen-bond acceptors (Lipinski definition) is 5. The molecule has 0 fully saturated rings. The van der Waals surface area contributed by atoms with Gasteiger partial charge in [-0.2, -0.15) is 5.10 Å². The van der Waals surface area contributed by atoms with E-state index in [0.717, 1.165) is 11.4 Å². The standard InChI is InChI=1S/C16H14N4OS/c1-12(21)15-19-20(14-10-6-3-7-11-14)16(22-15)18-17-13-8-4-2-5-9-13/h2-11,17H,1H3/b18-16+. The monoisotopic (exact) mass is 310 g/mol. The maximum absolute atomic E-state index is 11.6. The van der Waals surface area contributed by atoms with Gasteiger partial charge in [-0.05, 0) is 24.3 Å². The van der Waals surface area contributed by atoms with Crippen LogP contribution in [-0.2, 0) is 0 Å². The van der Waals surface area contributed by atoms with E-state index in [0.29, 0.717) is 9.81 Å². The van der Waals surface area contributed by atoms with E-state index in [-0.39, 0.29) is 5.78 Å². The van der Waals surface area contributed by atoms with Crippen LogP contribution in [-0.4, -0.2) is 15.6 Å². The largest absolute Gasteiger partial charge is 0.292 e. The lowest BCUT2D eigenvalue weighted by atomic mass is 10.3. The van der Waals surface area contributed by atoms with E-state index in [1.165, 1.54) is 18.3 Å². The molecule has 0 saturated heterocycles. The normalized spacial score (nSPS) is 11.4. The van der Waals surface area contributed by atoms with E-state index in [1.54, 1.807) is 4.68 Å². The van der Waals surface area contributed by atoms with Crippen LogP contribution in [0.3, 0.4) is 0 Å². The molecule has 0 amide bonds. The zero-order valence-electron chi connectivity index (χ0n) is 11.9. The van der Waals surface area contributed by atoms with Gasteiger partial charge >= 0.3 is 0 Å². The molecule has 1 heterocycles. The number of hydrogen-bond donors (Lipinski definition) is 1. The van der Waals surface area contributed by atoms with Gasteiger partial charge in [-0.25, -0.2) is 4.68 Å². The second-order valence-corrected chi connectivity index (χ2v) is 5.54. The Morgan fingerprint density at radius 1 is 1.09 bits per heavy atom. The van der Waals surface area contributed by atoms with Crippen LogP contribution < -0.4 is 10.2 Å². The lowest BCUT2D eigenvalue weighted by Crippen LogP contribution is -2.16. The Balaban J connectivity index is 2.04. The molecule has 0 aliphatic heterocycles. The molecule has 0 spiro atoms. The summed E-state index contributed by atoms with van der Waals surface area (Å²) in [5, 5.41) is 9.14. The second-order valence-electron chi connectivity index (χ2n) is 4.58. The summed E-state index contributed by atoms with van der Waals surface area (Å²) < 4.78 is 1.66. The molecule has 3 rings (SSSR count). The number of ketones is 1. The molecule has 0 atom stereocenters. The molecular formula is C16H14N4OS. The summed E-state index contributed by atoms with van der Waals surface area (Å²) in [4.78, 5) is 12.2. The first-order valence-electron chi connectivity index (χ1n) is 6.75. The van der Waals surface area contributed by atoms with Crippen LogP contribution in [0.25, 0.3) is 5.69 Å². The van der Waals surface area contributed by atoms with Gasteiger partial charge in [-0.1, -0.05) is 47.7 Å². The molecule has 5 nitrogen and oxygen atoms in total. The molecule has 0 aliphatic rings. The number of carbonyl (C=O) groups is 1. The number of anilines is 1. The minimum Gasteiger partial charge on any atom is -0.292 e. The summed E-state index contributed by atoms with van der Waals surface area (Å²) in [6, 6.07) is 19.3. The van der Waals surface area contributed by atoms with Crippen molar-refractivity contribution in [3.8, 4) is 5.69 Å². The number of para-hydroxylation sites is 2. The lowest BCUT2D eigenvalue weighted by Gasteiger charge is -2.01. The van der Waals surface area contributed by atoms with Gasteiger partial charge in [0.05, 0.1) is 11.4 Å². The maximum atomic E-state index is 11.6. The molecule has 22 heavy (non-hydrogen) atoms. The minimum absolute atomic E-state index is 0.0733. The first kappa shape index (κ1) is 14.2. The highest BCUT2D eigenvalue weighted by molar-refractivity contribution is 7.10. The third kappa shape index (κ3) is 3.12. The Morgan fingerprint density at radius 3 is 2.36 bits per heavy atom. The lowest BCUT2D eigenvalue weighted by molar-refractivity contribution is 0.101. The summed E-state index contributed by atoms with van der Waals surface area (Å²) in [5.74, 6) is -0.0733. The van der Waals surface area contributed by atoms with Crippen molar-refractivity contribution in [1.29, 1.82) is 0 Å². The Kier molecular flexibility index (Phi) is 4.11. The molecule has 0 unspecified atom stereocenters. The van der Waals surface area contributed by atoms with Crippen molar-refractivity contribution in [2.45, 2.75) is 6.92 Å². The highest BCUT2D eigenvalue weighted by atomic mass is 32.1. The highest BCUT2D eigenvalue weighted by Gasteiger charge is 2.10. The van der Waals surface area contributed by atoms with E-state index in [9.17, 15) is 4.79 Å². The van der Waals surface area contributed by atoms with E-state index in [4.69, 9.17) is 0 Å². The number of nitrogens with zero attached hydrogens (tertiary/aromatic N) is 3. The van der Waals surface area contributed by atoms with Gasteiger partial charge in [0.25, 0.3) is 0 Å². The number of carbonyl (C=O) groups excluding carboxylic acids is 1. The Hall–Kier alpha value is -2.73. The van der Waals surface area contributed by atoms with Crippen molar-refractivity contribution in [3.05, 3.63) is 70.5 Å². The molecule has 0 saturated carbocycles. The van der Waals surface area contributed by atoms with Crippen LogP contribution >= 0.6 is 11.3 Å². The Bertz CT molecular complexity index is 837. The van der Waals surface area contributed by atoms with Gasteiger partial charge in [0.15, 0.2) is 10.8 Å². The molecule has 3 aromatic rings. The van der Waals surface area contributed by atoms with Crippen LogP contribution in [0.1, 0.15) is 16.7 Å². The van der Waals surface area contributed by atoms with E-state index in [1.807, 2.05) is 60.7 Å². The van der Waals surface area contributed by atoms with Gasteiger partial charge in [0, 0.05) is 6.92 Å². The molecule has 110 valence electrons. The molecule has 0 radical (unpaired) electrons. The average Bonchev–Trinajstić information content (AvgIpc) is 2.99. The van der Waals surface area contributed by atoms with Crippen molar-refractivity contribution in [2.24, 2.45) is 5.10 Å². The van der Waals surface area contributed by atoms with Gasteiger partial charge in [-0.3, -0.25) is 10.2 Å². The van der Waals surface area contributed by atoms with E-state index in [2.05, 4.69) is 15.6 Å². The zero-order valence-corrected chi connectivity index (χ0v) is 12.7. The topological polar surface area (TPSA) is 59.3 Å². The summed E-state index contributed by atoms with van der Waals surface area (Å²) in [5.41, 5.74) is 4.72. The molecule has 1 aromatic heterocycles. The number of aromatic nitrogens is 2. The fraction of sp³-hybridized carbons (Fsp3) is 0.0625. The van der Waals surface area contributed by atoms with Gasteiger partial charge in [0.2, 0.25) is 4.80 Å². The van der Waals surface area contributed by atoms with Crippen molar-refractivity contribution < 1.29 is 4.79 Å². The molecule has 0 bridgehead atoms. The smallest absolute Gasteiger partial charge is 0.231 e. The summed E-state index contributed by atoms with van der Waals surface area (Å²) in [6.45, 7) is 1.50. The number of benzene rings is 2. The zero-order chi connectivity index (χ0) is 15.4. The third-order valence-electron chi connectivity index (χ3n) is 2.92. The fourth-order valence-corrected chi connectivity index (χ4v) is 2.62. The predicted molar refractivity (Wildman–Crippen MR) is 87.1 cm³/mol. The van der Waals surface area contributed by atoms with Crippen LogP contribution in [0.5, 0.6) is 0 Å².